The highest BCUT2D eigenvalue weighted by Crippen LogP contribution is 2.56. The van der Waals surface area contributed by atoms with Crippen LogP contribution < -0.4 is 10.6 Å². The summed E-state index contributed by atoms with van der Waals surface area (Å²) < 4.78 is 6.49. The number of fused-ring (bicyclic) bond motifs is 1. The first-order chi connectivity index (χ1) is 17.5. The number of aryl methyl sites for hydroxylation is 1. The molecule has 1 aromatic carbocycles. The van der Waals surface area contributed by atoms with E-state index in [1.807, 2.05) is 48.2 Å². The van der Waals surface area contributed by atoms with Crippen molar-refractivity contribution in [3.05, 3.63) is 42.0 Å². The Morgan fingerprint density at radius 3 is 2.31 bits per heavy atom. The number of benzene rings is 1. The summed E-state index contributed by atoms with van der Waals surface area (Å²) in [5.41, 5.74) is 0.736. The molecule has 2 saturated carbocycles. The second-order valence-corrected chi connectivity index (χ2v) is 11.4. The van der Waals surface area contributed by atoms with Crippen LogP contribution in [-0.4, -0.2) is 52.5 Å². The summed E-state index contributed by atoms with van der Waals surface area (Å²) >= 11 is 0. The summed E-state index contributed by atoms with van der Waals surface area (Å²) in [6.07, 6.45) is 13.8. The molecule has 2 N–H and O–H groups in total. The highest BCUT2D eigenvalue weighted by atomic mass is 16.5. The van der Waals surface area contributed by atoms with Crippen LogP contribution in [0.1, 0.15) is 69.8 Å². The van der Waals surface area contributed by atoms with Crippen LogP contribution in [0.4, 0.5) is 5.69 Å². The molecule has 2 aliphatic carbocycles. The largest absolute Gasteiger partial charge is 0.359 e. The number of hydrogen-bond acceptors (Lipinski definition) is 4. The molecule has 3 amide bonds. The average Bonchev–Trinajstić information content (AvgIpc) is 3.54. The number of carbonyl (C=O) groups excluding carboxylic acids is 3. The molecule has 192 valence electrons. The minimum absolute atomic E-state index is 0.0187. The lowest BCUT2D eigenvalue weighted by molar-refractivity contribution is -0.144. The zero-order valence-electron chi connectivity index (χ0n) is 21.1. The Hall–Kier alpha value is -2.67. The van der Waals surface area contributed by atoms with E-state index >= 15 is 0 Å². The van der Waals surface area contributed by atoms with Gasteiger partial charge in [-0.25, -0.2) is 0 Å². The predicted molar refractivity (Wildman–Crippen MR) is 136 cm³/mol. The minimum atomic E-state index is -1.08. The van der Waals surface area contributed by atoms with Crippen molar-refractivity contribution in [2.45, 2.75) is 101 Å². The number of anilines is 1. The Labute approximate surface area is 213 Å². The third-order valence-corrected chi connectivity index (χ3v) is 9.10. The minimum Gasteiger partial charge on any atom is -0.359 e. The Morgan fingerprint density at radius 2 is 1.61 bits per heavy atom. The van der Waals surface area contributed by atoms with E-state index in [0.717, 1.165) is 63.4 Å². The molecule has 2 saturated heterocycles. The van der Waals surface area contributed by atoms with Gasteiger partial charge in [-0.05, 0) is 44.7 Å². The number of ether oxygens (including phenoxy) is 1. The topological polar surface area (TPSA) is 87.7 Å². The summed E-state index contributed by atoms with van der Waals surface area (Å²) in [5, 5.41) is 6.29. The van der Waals surface area contributed by atoms with Gasteiger partial charge in [0.1, 0.15) is 11.6 Å². The highest BCUT2D eigenvalue weighted by Gasteiger charge is 2.73. The number of rotatable bonds is 5. The maximum atomic E-state index is 14.1. The average molecular weight is 492 g/mol. The van der Waals surface area contributed by atoms with Crippen LogP contribution in [0.25, 0.3) is 0 Å². The fourth-order valence-corrected chi connectivity index (χ4v) is 7.35. The van der Waals surface area contributed by atoms with Crippen LogP contribution in [0.2, 0.25) is 0 Å². The van der Waals surface area contributed by atoms with Gasteiger partial charge in [-0.3, -0.25) is 14.4 Å². The summed E-state index contributed by atoms with van der Waals surface area (Å²) in [6, 6.07) is 7.09. The number of amides is 3. The van der Waals surface area contributed by atoms with Crippen molar-refractivity contribution in [1.29, 1.82) is 0 Å². The van der Waals surface area contributed by atoms with Gasteiger partial charge in [-0.2, -0.15) is 0 Å². The van der Waals surface area contributed by atoms with Crippen LogP contribution in [0.15, 0.2) is 36.4 Å². The lowest BCUT2D eigenvalue weighted by Crippen LogP contribution is -2.58. The van der Waals surface area contributed by atoms with Gasteiger partial charge in [0.05, 0.1) is 17.9 Å². The fraction of sp³-hybridized carbons (Fsp3) is 0.621. The maximum Gasteiger partial charge on any atom is 0.246 e. The maximum absolute atomic E-state index is 14.1. The smallest absolute Gasteiger partial charge is 0.246 e. The lowest BCUT2D eigenvalue weighted by atomic mass is 9.74. The Balaban J connectivity index is 1.31. The molecule has 7 nitrogen and oxygen atoms in total. The molecule has 6 rings (SSSR count). The van der Waals surface area contributed by atoms with Gasteiger partial charge < -0.3 is 20.3 Å². The summed E-state index contributed by atoms with van der Waals surface area (Å²) in [6.45, 7) is 2.00. The van der Waals surface area contributed by atoms with E-state index in [4.69, 9.17) is 4.74 Å². The molecule has 0 radical (unpaired) electrons. The molecule has 36 heavy (non-hydrogen) atoms. The van der Waals surface area contributed by atoms with Crippen molar-refractivity contribution >= 4 is 23.4 Å². The van der Waals surface area contributed by atoms with E-state index in [0.29, 0.717) is 5.69 Å². The van der Waals surface area contributed by atoms with Gasteiger partial charge in [-0.1, -0.05) is 68.4 Å². The SMILES string of the molecule is Cc1ccc(NC(=O)[C@@H]2[C@H]3C=C[C@]4(O3)[C@H](C(=O)NC3CCCCC3)N(C3CCCCC3)C(=O)[C@@H]24)cc1. The first-order valence-electron chi connectivity index (χ1n) is 13.9. The van der Waals surface area contributed by atoms with E-state index in [2.05, 4.69) is 10.6 Å². The van der Waals surface area contributed by atoms with E-state index in [1.54, 1.807) is 0 Å². The molecule has 4 fully saturated rings. The molecule has 0 aromatic heterocycles. The van der Waals surface area contributed by atoms with E-state index in [9.17, 15) is 14.4 Å². The molecule has 3 heterocycles. The Kier molecular flexibility index (Phi) is 6.14. The molecular weight excluding hydrogens is 454 g/mol. The zero-order chi connectivity index (χ0) is 24.9. The van der Waals surface area contributed by atoms with Crippen molar-refractivity contribution in [1.82, 2.24) is 10.2 Å². The van der Waals surface area contributed by atoms with Crippen LogP contribution in [-0.2, 0) is 19.1 Å². The van der Waals surface area contributed by atoms with Crippen molar-refractivity contribution in [3.8, 4) is 0 Å². The second-order valence-electron chi connectivity index (χ2n) is 11.4. The lowest BCUT2D eigenvalue weighted by Gasteiger charge is -2.39. The Bertz CT molecular complexity index is 1060. The first kappa shape index (κ1) is 23.7. The standard InChI is InChI=1S/C29H37N3O4/c1-18-12-14-20(15-13-18)30-26(33)23-22-16-17-29(36-22)24(23)28(35)32(21-10-6-3-7-11-21)25(29)27(34)31-19-8-4-2-5-9-19/h12-17,19,21-25H,2-11H2,1H3,(H,30,33)(H,31,34)/t22-,23-,24-,25+,29-/m1/s1. The first-order valence-corrected chi connectivity index (χ1v) is 13.9. The monoisotopic (exact) mass is 491 g/mol. The summed E-state index contributed by atoms with van der Waals surface area (Å²) in [4.78, 5) is 43.4. The van der Waals surface area contributed by atoms with Gasteiger partial charge in [0.25, 0.3) is 0 Å². The molecular formula is C29H37N3O4. The van der Waals surface area contributed by atoms with Gasteiger partial charge in [0.2, 0.25) is 17.7 Å². The molecule has 7 heteroatoms. The van der Waals surface area contributed by atoms with Crippen LogP contribution >= 0.6 is 0 Å². The molecule has 0 unspecified atom stereocenters. The highest BCUT2D eigenvalue weighted by molar-refractivity contribution is 6.03. The van der Waals surface area contributed by atoms with E-state index in [-0.39, 0.29) is 29.8 Å². The third kappa shape index (κ3) is 3.87. The predicted octanol–water partition coefficient (Wildman–Crippen LogP) is 3.87. The van der Waals surface area contributed by atoms with E-state index in [1.165, 1.54) is 6.42 Å². The third-order valence-electron chi connectivity index (χ3n) is 9.10. The number of hydrogen-bond donors (Lipinski definition) is 2. The number of nitrogens with zero attached hydrogens (tertiary/aromatic N) is 1. The quantitative estimate of drug-likeness (QED) is 0.612. The Morgan fingerprint density at radius 1 is 0.944 bits per heavy atom. The summed E-state index contributed by atoms with van der Waals surface area (Å²) in [5.74, 6) is -1.76. The normalized spacial score (nSPS) is 34.1. The molecule has 2 bridgehead atoms. The van der Waals surface area contributed by atoms with Gasteiger partial charge in [-0.15, -0.1) is 0 Å². The fourth-order valence-electron chi connectivity index (χ4n) is 7.35. The molecule has 3 aliphatic heterocycles. The van der Waals surface area contributed by atoms with Crippen LogP contribution in [0, 0.1) is 18.8 Å². The second kappa shape index (κ2) is 9.33. The van der Waals surface area contributed by atoms with E-state index < -0.39 is 29.6 Å². The number of carbonyl (C=O) groups is 3. The van der Waals surface area contributed by atoms with Crippen molar-refractivity contribution in [2.24, 2.45) is 11.8 Å². The molecule has 5 aliphatic rings. The molecule has 5 atom stereocenters. The molecule has 1 aromatic rings. The van der Waals surface area contributed by atoms with Gasteiger partial charge in [0, 0.05) is 17.8 Å². The van der Waals surface area contributed by atoms with Crippen molar-refractivity contribution < 1.29 is 19.1 Å². The van der Waals surface area contributed by atoms with Crippen molar-refractivity contribution in [3.63, 3.8) is 0 Å². The van der Waals surface area contributed by atoms with Gasteiger partial charge >= 0.3 is 0 Å². The number of nitrogens with one attached hydrogen (secondary N) is 2. The van der Waals surface area contributed by atoms with Gasteiger partial charge in [0.15, 0.2) is 0 Å². The zero-order valence-corrected chi connectivity index (χ0v) is 21.1. The summed E-state index contributed by atoms with van der Waals surface area (Å²) in [7, 11) is 0. The number of likely N-dealkylation sites (tertiary alicyclic amines) is 1. The van der Waals surface area contributed by atoms with Crippen molar-refractivity contribution in [2.75, 3.05) is 5.32 Å². The molecule has 1 spiro atoms. The van der Waals surface area contributed by atoms with Crippen LogP contribution in [0.5, 0.6) is 0 Å². The van der Waals surface area contributed by atoms with Crippen LogP contribution in [0.3, 0.4) is 0 Å².